The molecule has 1 aromatic heterocycles. The smallest absolute Gasteiger partial charge is 0.266 e. The summed E-state index contributed by atoms with van der Waals surface area (Å²) in [6.45, 7) is 3.66. The topological polar surface area (TPSA) is 75.0 Å². The Bertz CT molecular complexity index is 926. The fourth-order valence-electron chi connectivity index (χ4n) is 2.21. The number of aromatic nitrogens is 1. The molecule has 0 bridgehead atoms. The maximum Gasteiger partial charge on any atom is 0.266 e. The summed E-state index contributed by atoms with van der Waals surface area (Å²) >= 11 is 1.43. The van der Waals surface area contributed by atoms with Crippen LogP contribution in [-0.4, -0.2) is 17.0 Å². The van der Waals surface area contributed by atoms with Crippen molar-refractivity contribution in [2.45, 2.75) is 20.0 Å². The van der Waals surface area contributed by atoms with Gasteiger partial charge in [-0.05, 0) is 49.7 Å². The third-order valence-electron chi connectivity index (χ3n) is 3.52. The fourth-order valence-corrected chi connectivity index (χ4v) is 3.16. The molecule has 120 valence electrons. The number of thiazole rings is 1. The normalized spacial score (nSPS) is 11.7. The van der Waals surface area contributed by atoms with Crippen molar-refractivity contribution in [2.24, 2.45) is 0 Å². The van der Waals surface area contributed by atoms with Crippen LogP contribution in [0.3, 0.4) is 0 Å². The molecule has 3 rings (SSSR count). The molecular weight excluding hydrogens is 322 g/mol. The van der Waals surface area contributed by atoms with Crippen molar-refractivity contribution in [3.05, 3.63) is 53.6 Å². The van der Waals surface area contributed by atoms with E-state index in [0.29, 0.717) is 16.4 Å². The van der Waals surface area contributed by atoms with Crippen LogP contribution in [0.25, 0.3) is 10.2 Å². The number of anilines is 1. The van der Waals surface area contributed by atoms with Gasteiger partial charge in [-0.25, -0.2) is 4.98 Å². The van der Waals surface area contributed by atoms with Gasteiger partial charge >= 0.3 is 0 Å². The van der Waals surface area contributed by atoms with Gasteiger partial charge in [0, 0.05) is 0 Å². The molecule has 5 nitrogen and oxygen atoms in total. The van der Waals surface area contributed by atoms with E-state index in [1.54, 1.807) is 31.2 Å². The van der Waals surface area contributed by atoms with E-state index in [4.69, 9.17) is 10.00 Å². The Hall–Kier alpha value is -2.91. The summed E-state index contributed by atoms with van der Waals surface area (Å²) in [5.41, 5.74) is 2.52. The number of hydrogen-bond donors (Lipinski definition) is 1. The van der Waals surface area contributed by atoms with Crippen LogP contribution in [0, 0.1) is 18.3 Å². The van der Waals surface area contributed by atoms with E-state index in [0.717, 1.165) is 15.8 Å². The van der Waals surface area contributed by atoms with E-state index in [2.05, 4.69) is 10.3 Å². The largest absolute Gasteiger partial charge is 0.481 e. The van der Waals surface area contributed by atoms with Gasteiger partial charge in [-0.3, -0.25) is 10.1 Å². The van der Waals surface area contributed by atoms with Crippen LogP contribution >= 0.6 is 11.3 Å². The van der Waals surface area contributed by atoms with Gasteiger partial charge in [0.05, 0.1) is 21.8 Å². The second-order valence-corrected chi connectivity index (χ2v) is 6.36. The summed E-state index contributed by atoms with van der Waals surface area (Å²) in [6, 6.07) is 14.6. The predicted molar refractivity (Wildman–Crippen MR) is 94.2 cm³/mol. The molecule has 1 heterocycles. The first-order valence-corrected chi connectivity index (χ1v) is 8.22. The lowest BCUT2D eigenvalue weighted by Gasteiger charge is -2.13. The first kappa shape index (κ1) is 16.0. The minimum atomic E-state index is -0.675. The van der Waals surface area contributed by atoms with Crippen molar-refractivity contribution < 1.29 is 9.53 Å². The van der Waals surface area contributed by atoms with Crippen LogP contribution in [0.15, 0.2) is 42.5 Å². The number of carbonyl (C=O) groups excluding carboxylic acids is 1. The first-order chi connectivity index (χ1) is 11.6. The summed E-state index contributed by atoms with van der Waals surface area (Å²) in [6.07, 6.45) is -0.675. The van der Waals surface area contributed by atoms with Gasteiger partial charge in [0.25, 0.3) is 5.91 Å². The Kier molecular flexibility index (Phi) is 4.45. The van der Waals surface area contributed by atoms with Gasteiger partial charge in [0.2, 0.25) is 0 Å². The first-order valence-electron chi connectivity index (χ1n) is 7.40. The lowest BCUT2D eigenvalue weighted by Crippen LogP contribution is -2.30. The van der Waals surface area contributed by atoms with Gasteiger partial charge in [0.15, 0.2) is 11.2 Å². The second-order valence-electron chi connectivity index (χ2n) is 5.33. The zero-order valence-electron chi connectivity index (χ0n) is 13.2. The van der Waals surface area contributed by atoms with Crippen molar-refractivity contribution in [1.29, 1.82) is 5.26 Å². The zero-order chi connectivity index (χ0) is 17.1. The highest BCUT2D eigenvalue weighted by Crippen LogP contribution is 2.28. The molecule has 6 heteroatoms. The van der Waals surface area contributed by atoms with E-state index in [1.807, 2.05) is 31.2 Å². The van der Waals surface area contributed by atoms with E-state index in [-0.39, 0.29) is 5.91 Å². The molecule has 0 aliphatic carbocycles. The van der Waals surface area contributed by atoms with Gasteiger partial charge in [-0.15, -0.1) is 0 Å². The predicted octanol–water partition coefficient (Wildman–Crippen LogP) is 3.88. The number of para-hydroxylation sites is 1. The van der Waals surface area contributed by atoms with E-state index in [9.17, 15) is 4.79 Å². The number of rotatable bonds is 4. The number of benzene rings is 2. The molecule has 0 saturated heterocycles. The number of aryl methyl sites for hydroxylation is 1. The van der Waals surface area contributed by atoms with Crippen molar-refractivity contribution in [3.8, 4) is 11.8 Å². The summed E-state index contributed by atoms with van der Waals surface area (Å²) in [4.78, 5) is 16.7. The SMILES string of the molecule is Cc1cccc2sc(NC(=O)[C@@H](C)Oc3ccc(C#N)cc3)nc12. The number of fused-ring (bicyclic) bond motifs is 1. The standard InChI is InChI=1S/C18H15N3O2S/c1-11-4-3-5-15-16(11)20-18(24-15)21-17(22)12(2)23-14-8-6-13(10-19)7-9-14/h3-9,12H,1-2H3,(H,20,21,22)/t12-/m1/s1. The average Bonchev–Trinajstić information content (AvgIpc) is 2.99. The molecule has 1 atom stereocenters. The summed E-state index contributed by atoms with van der Waals surface area (Å²) in [7, 11) is 0. The van der Waals surface area contributed by atoms with Crippen molar-refractivity contribution in [1.82, 2.24) is 4.98 Å². The average molecular weight is 337 g/mol. The highest BCUT2D eigenvalue weighted by Gasteiger charge is 2.17. The van der Waals surface area contributed by atoms with Gasteiger partial charge in [-0.1, -0.05) is 23.5 Å². The molecule has 0 fully saturated rings. The van der Waals surface area contributed by atoms with Crippen LogP contribution in [0.1, 0.15) is 18.1 Å². The minimum absolute atomic E-state index is 0.268. The van der Waals surface area contributed by atoms with Crippen molar-refractivity contribution in [2.75, 3.05) is 5.32 Å². The number of nitriles is 1. The van der Waals surface area contributed by atoms with Crippen molar-refractivity contribution in [3.63, 3.8) is 0 Å². The molecule has 2 aromatic carbocycles. The van der Waals surface area contributed by atoms with Crippen LogP contribution < -0.4 is 10.1 Å². The Morgan fingerprint density at radius 1 is 1.29 bits per heavy atom. The molecule has 0 aliphatic rings. The maximum atomic E-state index is 12.3. The van der Waals surface area contributed by atoms with Crippen molar-refractivity contribution >= 4 is 32.6 Å². The summed E-state index contributed by atoms with van der Waals surface area (Å²) < 4.78 is 6.63. The molecule has 1 N–H and O–H groups in total. The summed E-state index contributed by atoms with van der Waals surface area (Å²) in [5, 5.41) is 12.1. The fraction of sp³-hybridized carbons (Fsp3) is 0.167. The highest BCUT2D eigenvalue weighted by molar-refractivity contribution is 7.22. The summed E-state index contributed by atoms with van der Waals surface area (Å²) in [5.74, 6) is 0.271. The number of ether oxygens (including phenoxy) is 1. The van der Waals surface area contributed by atoms with E-state index in [1.165, 1.54) is 11.3 Å². The van der Waals surface area contributed by atoms with Crippen LogP contribution in [0.5, 0.6) is 5.75 Å². The number of nitrogens with one attached hydrogen (secondary N) is 1. The molecule has 0 unspecified atom stereocenters. The number of amides is 1. The Morgan fingerprint density at radius 2 is 2.04 bits per heavy atom. The van der Waals surface area contributed by atoms with Crippen LogP contribution in [-0.2, 0) is 4.79 Å². The highest BCUT2D eigenvalue weighted by atomic mass is 32.1. The maximum absolute atomic E-state index is 12.3. The molecule has 24 heavy (non-hydrogen) atoms. The van der Waals surface area contributed by atoms with E-state index < -0.39 is 6.10 Å². The number of carbonyl (C=O) groups is 1. The Balaban J connectivity index is 1.68. The molecule has 0 saturated carbocycles. The third kappa shape index (κ3) is 3.36. The monoisotopic (exact) mass is 337 g/mol. The van der Waals surface area contributed by atoms with Gasteiger partial charge in [0.1, 0.15) is 5.75 Å². The second kappa shape index (κ2) is 6.69. The quantitative estimate of drug-likeness (QED) is 0.784. The Labute approximate surface area is 143 Å². The lowest BCUT2D eigenvalue weighted by molar-refractivity contribution is -0.122. The molecule has 0 aliphatic heterocycles. The number of nitrogens with zero attached hydrogens (tertiary/aromatic N) is 2. The molecular formula is C18H15N3O2S. The van der Waals surface area contributed by atoms with Crippen LogP contribution in [0.4, 0.5) is 5.13 Å². The molecule has 0 radical (unpaired) electrons. The third-order valence-corrected chi connectivity index (χ3v) is 4.45. The molecule has 1 amide bonds. The number of hydrogen-bond acceptors (Lipinski definition) is 5. The van der Waals surface area contributed by atoms with Gasteiger partial charge < -0.3 is 4.74 Å². The van der Waals surface area contributed by atoms with Crippen LogP contribution in [0.2, 0.25) is 0 Å². The molecule has 3 aromatic rings. The van der Waals surface area contributed by atoms with E-state index >= 15 is 0 Å². The zero-order valence-corrected chi connectivity index (χ0v) is 14.1. The Morgan fingerprint density at radius 3 is 2.71 bits per heavy atom. The van der Waals surface area contributed by atoms with Gasteiger partial charge in [-0.2, -0.15) is 5.26 Å². The molecule has 0 spiro atoms. The lowest BCUT2D eigenvalue weighted by atomic mass is 10.2. The minimum Gasteiger partial charge on any atom is -0.481 e.